The van der Waals surface area contributed by atoms with Crippen molar-refractivity contribution in [2.45, 2.75) is 0 Å². The number of nitrogens with zero attached hydrogens (tertiary/aromatic N) is 1. The number of ether oxygens (including phenoxy) is 1. The molecule has 0 unspecified atom stereocenters. The lowest BCUT2D eigenvalue weighted by atomic mass is 10.1. The molecule has 0 aliphatic carbocycles. The van der Waals surface area contributed by atoms with Gasteiger partial charge in [0.1, 0.15) is 5.75 Å². The molecule has 2 aromatic rings. The molecule has 2 rings (SSSR count). The molecule has 0 saturated heterocycles. The van der Waals surface area contributed by atoms with Crippen molar-refractivity contribution in [2.75, 3.05) is 12.4 Å². The molecule has 0 spiro atoms. The van der Waals surface area contributed by atoms with E-state index in [4.69, 9.17) is 14.9 Å². The number of carbonyl (C=O) groups excluding carboxylic acids is 1. The molecule has 0 saturated carbocycles. The van der Waals surface area contributed by atoms with Crippen molar-refractivity contribution in [3.05, 3.63) is 30.8 Å². The second-order valence-electron chi connectivity index (χ2n) is 3.27. The molecule has 0 fully saturated rings. The number of nitrogens with two attached hydrogens (primary N) is 1. The second kappa shape index (κ2) is 4.56. The summed E-state index contributed by atoms with van der Waals surface area (Å²) in [5.41, 5.74) is 6.33. The van der Waals surface area contributed by atoms with Gasteiger partial charge in [-0.05, 0) is 12.1 Å². The summed E-state index contributed by atoms with van der Waals surface area (Å²) in [7, 11) is 1.53. The SMILES string of the molecule is COc1cc(NC(N)=O)ccc1-c1cnco1. The number of methoxy groups -OCH3 is 1. The Balaban J connectivity index is 2.38. The standard InChI is InChI=1S/C11H11N3O3/c1-16-9-4-7(14-11(12)15)2-3-8(9)10-5-13-6-17-10/h2-6H,1H3,(H3,12,14,15). The minimum atomic E-state index is -0.625. The van der Waals surface area contributed by atoms with E-state index in [2.05, 4.69) is 10.3 Å². The molecule has 0 atom stereocenters. The lowest BCUT2D eigenvalue weighted by Gasteiger charge is -2.08. The fourth-order valence-corrected chi connectivity index (χ4v) is 1.46. The zero-order valence-corrected chi connectivity index (χ0v) is 9.14. The highest BCUT2D eigenvalue weighted by Crippen LogP contribution is 2.32. The minimum absolute atomic E-state index is 0.553. The number of aromatic nitrogens is 1. The first kappa shape index (κ1) is 11.0. The molecule has 17 heavy (non-hydrogen) atoms. The van der Waals surface area contributed by atoms with Crippen LogP contribution in [0.3, 0.4) is 0 Å². The van der Waals surface area contributed by atoms with Crippen molar-refractivity contribution < 1.29 is 13.9 Å². The number of nitrogens with one attached hydrogen (secondary N) is 1. The van der Waals surface area contributed by atoms with Crippen LogP contribution in [0.2, 0.25) is 0 Å². The van der Waals surface area contributed by atoms with Crippen LogP contribution in [0.25, 0.3) is 11.3 Å². The highest BCUT2D eigenvalue weighted by Gasteiger charge is 2.10. The molecular formula is C11H11N3O3. The lowest BCUT2D eigenvalue weighted by molar-refractivity contribution is 0.259. The number of amides is 2. The maximum absolute atomic E-state index is 10.7. The van der Waals surface area contributed by atoms with Crippen LogP contribution < -0.4 is 15.8 Å². The first-order chi connectivity index (χ1) is 8.20. The van der Waals surface area contributed by atoms with Crippen LogP contribution in [0.5, 0.6) is 5.75 Å². The largest absolute Gasteiger partial charge is 0.496 e. The smallest absolute Gasteiger partial charge is 0.316 e. The Morgan fingerprint density at radius 1 is 1.53 bits per heavy atom. The molecule has 2 amide bonds. The van der Waals surface area contributed by atoms with E-state index in [1.165, 1.54) is 13.5 Å². The van der Waals surface area contributed by atoms with E-state index in [9.17, 15) is 4.79 Å². The molecule has 1 aromatic carbocycles. The number of carbonyl (C=O) groups is 1. The Morgan fingerprint density at radius 3 is 2.94 bits per heavy atom. The summed E-state index contributed by atoms with van der Waals surface area (Å²) in [4.78, 5) is 14.6. The third-order valence-corrected chi connectivity index (χ3v) is 2.17. The summed E-state index contributed by atoms with van der Waals surface area (Å²) in [5, 5.41) is 2.46. The normalized spacial score (nSPS) is 9.94. The zero-order chi connectivity index (χ0) is 12.3. The van der Waals surface area contributed by atoms with Gasteiger partial charge in [0, 0.05) is 11.8 Å². The van der Waals surface area contributed by atoms with E-state index in [1.54, 1.807) is 24.4 Å². The van der Waals surface area contributed by atoms with E-state index in [0.29, 0.717) is 17.2 Å². The van der Waals surface area contributed by atoms with Gasteiger partial charge < -0.3 is 20.2 Å². The molecule has 88 valence electrons. The number of anilines is 1. The summed E-state index contributed by atoms with van der Waals surface area (Å²) < 4.78 is 10.4. The number of hydrogen-bond acceptors (Lipinski definition) is 4. The average Bonchev–Trinajstić information content (AvgIpc) is 2.81. The van der Waals surface area contributed by atoms with Crippen molar-refractivity contribution in [1.29, 1.82) is 0 Å². The number of rotatable bonds is 3. The quantitative estimate of drug-likeness (QED) is 0.846. The summed E-state index contributed by atoms with van der Waals surface area (Å²) in [6.45, 7) is 0. The van der Waals surface area contributed by atoms with Crippen molar-refractivity contribution in [3.8, 4) is 17.1 Å². The highest BCUT2D eigenvalue weighted by atomic mass is 16.5. The first-order valence-corrected chi connectivity index (χ1v) is 4.84. The van der Waals surface area contributed by atoms with Crippen LogP contribution in [0.15, 0.2) is 35.2 Å². The van der Waals surface area contributed by atoms with Crippen LogP contribution in [0, 0.1) is 0 Å². The summed E-state index contributed by atoms with van der Waals surface area (Å²) in [5.74, 6) is 1.15. The summed E-state index contributed by atoms with van der Waals surface area (Å²) in [6.07, 6.45) is 2.92. The fourth-order valence-electron chi connectivity index (χ4n) is 1.46. The molecule has 1 aromatic heterocycles. The molecular weight excluding hydrogens is 222 g/mol. The Morgan fingerprint density at radius 2 is 2.35 bits per heavy atom. The Kier molecular flexibility index (Phi) is 2.95. The number of primary amides is 1. The Labute approximate surface area is 97.4 Å². The topological polar surface area (TPSA) is 90.4 Å². The van der Waals surface area contributed by atoms with Crippen LogP contribution in [0.1, 0.15) is 0 Å². The molecule has 0 aliphatic rings. The minimum Gasteiger partial charge on any atom is -0.496 e. The van der Waals surface area contributed by atoms with Gasteiger partial charge in [-0.25, -0.2) is 9.78 Å². The van der Waals surface area contributed by atoms with E-state index in [1.807, 2.05) is 0 Å². The maximum atomic E-state index is 10.7. The molecule has 1 heterocycles. The van der Waals surface area contributed by atoms with Gasteiger partial charge in [0.05, 0.1) is 18.9 Å². The van der Waals surface area contributed by atoms with E-state index in [0.717, 1.165) is 5.56 Å². The van der Waals surface area contributed by atoms with Crippen molar-refractivity contribution in [1.82, 2.24) is 4.98 Å². The number of urea groups is 1. The number of hydrogen-bond donors (Lipinski definition) is 2. The number of oxazole rings is 1. The molecule has 0 radical (unpaired) electrons. The van der Waals surface area contributed by atoms with Crippen LogP contribution in [-0.4, -0.2) is 18.1 Å². The predicted molar refractivity (Wildman–Crippen MR) is 61.7 cm³/mol. The summed E-state index contributed by atoms with van der Waals surface area (Å²) in [6, 6.07) is 4.48. The van der Waals surface area contributed by atoms with Gasteiger partial charge in [-0.15, -0.1) is 0 Å². The monoisotopic (exact) mass is 233 g/mol. The molecule has 0 aliphatic heterocycles. The van der Waals surface area contributed by atoms with E-state index >= 15 is 0 Å². The molecule has 6 nitrogen and oxygen atoms in total. The van der Waals surface area contributed by atoms with Crippen LogP contribution >= 0.6 is 0 Å². The second-order valence-corrected chi connectivity index (χ2v) is 3.27. The van der Waals surface area contributed by atoms with Crippen molar-refractivity contribution >= 4 is 11.7 Å². The Hall–Kier alpha value is -2.50. The lowest BCUT2D eigenvalue weighted by Crippen LogP contribution is -2.19. The third-order valence-electron chi connectivity index (χ3n) is 2.17. The predicted octanol–water partition coefficient (Wildman–Crippen LogP) is 1.84. The van der Waals surface area contributed by atoms with Crippen LogP contribution in [0.4, 0.5) is 10.5 Å². The van der Waals surface area contributed by atoms with Gasteiger partial charge in [0.2, 0.25) is 0 Å². The van der Waals surface area contributed by atoms with E-state index < -0.39 is 6.03 Å². The zero-order valence-electron chi connectivity index (χ0n) is 9.14. The maximum Gasteiger partial charge on any atom is 0.316 e. The van der Waals surface area contributed by atoms with Gasteiger partial charge in [-0.1, -0.05) is 0 Å². The number of benzene rings is 1. The van der Waals surface area contributed by atoms with Gasteiger partial charge in [0.15, 0.2) is 12.2 Å². The van der Waals surface area contributed by atoms with Gasteiger partial charge >= 0.3 is 6.03 Å². The Bertz CT molecular complexity index is 523. The highest BCUT2D eigenvalue weighted by molar-refractivity contribution is 5.88. The van der Waals surface area contributed by atoms with Gasteiger partial charge in [-0.3, -0.25) is 0 Å². The van der Waals surface area contributed by atoms with E-state index in [-0.39, 0.29) is 0 Å². The van der Waals surface area contributed by atoms with Crippen LogP contribution in [-0.2, 0) is 0 Å². The fraction of sp³-hybridized carbons (Fsp3) is 0.0909. The van der Waals surface area contributed by atoms with Crippen molar-refractivity contribution in [3.63, 3.8) is 0 Å². The summed E-state index contributed by atoms with van der Waals surface area (Å²) >= 11 is 0. The molecule has 3 N–H and O–H groups in total. The third kappa shape index (κ3) is 2.36. The average molecular weight is 233 g/mol. The first-order valence-electron chi connectivity index (χ1n) is 4.84. The van der Waals surface area contributed by atoms with Gasteiger partial charge in [0.25, 0.3) is 0 Å². The molecule has 0 bridgehead atoms. The molecule has 6 heteroatoms. The van der Waals surface area contributed by atoms with Gasteiger partial charge in [-0.2, -0.15) is 0 Å². The van der Waals surface area contributed by atoms with Crippen molar-refractivity contribution in [2.24, 2.45) is 5.73 Å².